The van der Waals surface area contributed by atoms with Crippen LogP contribution in [0.4, 0.5) is 5.69 Å². The van der Waals surface area contributed by atoms with Crippen molar-refractivity contribution in [3.63, 3.8) is 0 Å². The molecule has 1 heterocycles. The second kappa shape index (κ2) is 6.44. The molecule has 1 aliphatic rings. The van der Waals surface area contributed by atoms with Crippen LogP contribution in [0.25, 0.3) is 0 Å². The summed E-state index contributed by atoms with van der Waals surface area (Å²) in [4.78, 5) is 10.8. The fourth-order valence-corrected chi connectivity index (χ4v) is 3.93. The third-order valence-electron chi connectivity index (χ3n) is 3.56. The van der Waals surface area contributed by atoms with Gasteiger partial charge in [0.15, 0.2) is 0 Å². The molecule has 1 atom stereocenters. The highest BCUT2D eigenvalue weighted by molar-refractivity contribution is 7.90. The van der Waals surface area contributed by atoms with E-state index in [9.17, 15) is 13.2 Å². The van der Waals surface area contributed by atoms with Crippen LogP contribution in [0.2, 0.25) is 0 Å². The van der Waals surface area contributed by atoms with Crippen molar-refractivity contribution in [3.05, 3.63) is 29.8 Å². The Labute approximate surface area is 125 Å². The summed E-state index contributed by atoms with van der Waals surface area (Å²) < 4.78 is 28.8. The van der Waals surface area contributed by atoms with Crippen LogP contribution in [0.1, 0.15) is 25.3 Å². The summed E-state index contributed by atoms with van der Waals surface area (Å²) in [7, 11) is -3.64. The molecule has 1 aromatic rings. The first-order chi connectivity index (χ1) is 9.88. The van der Waals surface area contributed by atoms with Gasteiger partial charge in [-0.25, -0.2) is 0 Å². The van der Waals surface area contributed by atoms with Gasteiger partial charge in [-0.1, -0.05) is 25.1 Å². The van der Waals surface area contributed by atoms with Crippen molar-refractivity contribution >= 4 is 21.9 Å². The van der Waals surface area contributed by atoms with Crippen molar-refractivity contribution in [3.8, 4) is 0 Å². The van der Waals surface area contributed by atoms with E-state index in [2.05, 4.69) is 4.72 Å². The molecule has 116 valence electrons. The number of carbonyl (C=O) groups is 1. The van der Waals surface area contributed by atoms with Gasteiger partial charge in [-0.3, -0.25) is 9.52 Å². The van der Waals surface area contributed by atoms with Crippen molar-refractivity contribution in [1.29, 1.82) is 0 Å². The molecule has 6 nitrogen and oxygen atoms in total. The van der Waals surface area contributed by atoms with Crippen molar-refractivity contribution in [2.75, 3.05) is 17.8 Å². The maximum absolute atomic E-state index is 12.4. The molecule has 0 saturated carbocycles. The fourth-order valence-electron chi connectivity index (χ4n) is 2.51. The van der Waals surface area contributed by atoms with E-state index in [0.29, 0.717) is 30.3 Å². The van der Waals surface area contributed by atoms with Gasteiger partial charge in [-0.2, -0.15) is 12.7 Å². The first-order valence-electron chi connectivity index (χ1n) is 6.96. The number of para-hydroxylation sites is 1. The number of nitrogens with one attached hydrogen (secondary N) is 1. The molecule has 1 fully saturated rings. The van der Waals surface area contributed by atoms with Crippen molar-refractivity contribution < 1.29 is 18.3 Å². The number of rotatable bonds is 5. The standard InChI is InChI=1S/C14H20N2O4S/c1-11-5-4-8-16(10-11)21(19,20)15-13-7-3-2-6-12(13)9-14(17)18/h2-3,6-7,11,15H,4-5,8-10H2,1H3,(H,17,18). The van der Waals surface area contributed by atoms with Gasteiger partial charge in [0.2, 0.25) is 0 Å². The summed E-state index contributed by atoms with van der Waals surface area (Å²) in [6.45, 7) is 3.03. The molecule has 0 spiro atoms. The zero-order valence-corrected chi connectivity index (χ0v) is 12.8. The van der Waals surface area contributed by atoms with Gasteiger partial charge in [-0.15, -0.1) is 0 Å². The lowest BCUT2D eigenvalue weighted by molar-refractivity contribution is -0.136. The van der Waals surface area contributed by atoms with Crippen LogP contribution in [0.15, 0.2) is 24.3 Å². The van der Waals surface area contributed by atoms with Crippen LogP contribution in [0.5, 0.6) is 0 Å². The first-order valence-corrected chi connectivity index (χ1v) is 8.40. The second-order valence-corrected chi connectivity index (χ2v) is 7.11. The number of anilines is 1. The Morgan fingerprint density at radius 1 is 1.43 bits per heavy atom. The molecule has 0 aliphatic carbocycles. The highest BCUT2D eigenvalue weighted by Crippen LogP contribution is 2.22. The van der Waals surface area contributed by atoms with Crippen LogP contribution in [0.3, 0.4) is 0 Å². The van der Waals surface area contributed by atoms with Gasteiger partial charge in [-0.05, 0) is 30.4 Å². The van der Waals surface area contributed by atoms with E-state index in [-0.39, 0.29) is 6.42 Å². The summed E-state index contributed by atoms with van der Waals surface area (Å²) >= 11 is 0. The fraction of sp³-hybridized carbons (Fsp3) is 0.500. The molecular weight excluding hydrogens is 292 g/mol. The summed E-state index contributed by atoms with van der Waals surface area (Å²) in [5, 5.41) is 8.89. The maximum Gasteiger partial charge on any atom is 0.307 e. The third-order valence-corrected chi connectivity index (χ3v) is 5.05. The Morgan fingerprint density at radius 2 is 2.14 bits per heavy atom. The average Bonchev–Trinajstić information content (AvgIpc) is 2.40. The molecule has 21 heavy (non-hydrogen) atoms. The van der Waals surface area contributed by atoms with E-state index in [1.165, 1.54) is 4.31 Å². The zero-order chi connectivity index (χ0) is 15.5. The van der Waals surface area contributed by atoms with Crippen molar-refractivity contribution in [2.45, 2.75) is 26.2 Å². The van der Waals surface area contributed by atoms with Crippen LogP contribution in [-0.2, 0) is 21.4 Å². The Kier molecular flexibility index (Phi) is 4.84. The van der Waals surface area contributed by atoms with Gasteiger partial charge in [0.05, 0.1) is 12.1 Å². The number of piperidine rings is 1. The predicted molar refractivity (Wildman–Crippen MR) is 80.3 cm³/mol. The summed E-state index contributed by atoms with van der Waals surface area (Å²) in [6.07, 6.45) is 1.66. The Bertz CT molecular complexity index is 615. The highest BCUT2D eigenvalue weighted by atomic mass is 32.2. The van der Waals surface area contributed by atoms with Crippen molar-refractivity contribution in [2.24, 2.45) is 5.92 Å². The van der Waals surface area contributed by atoms with Gasteiger partial charge < -0.3 is 5.11 Å². The van der Waals surface area contributed by atoms with E-state index in [1.54, 1.807) is 24.3 Å². The molecule has 2 rings (SSSR count). The van der Waals surface area contributed by atoms with E-state index in [1.807, 2.05) is 6.92 Å². The summed E-state index contributed by atoms with van der Waals surface area (Å²) in [5.41, 5.74) is 0.789. The number of hydrogen-bond donors (Lipinski definition) is 2. The lowest BCUT2D eigenvalue weighted by Crippen LogP contribution is -2.42. The van der Waals surface area contributed by atoms with Gasteiger partial charge in [0, 0.05) is 13.1 Å². The predicted octanol–water partition coefficient (Wildman–Crippen LogP) is 1.70. The Hall–Kier alpha value is -1.60. The number of benzene rings is 1. The number of hydrogen-bond acceptors (Lipinski definition) is 3. The minimum absolute atomic E-state index is 0.213. The largest absolute Gasteiger partial charge is 0.481 e. The monoisotopic (exact) mass is 312 g/mol. The van der Waals surface area contributed by atoms with E-state index < -0.39 is 16.2 Å². The molecule has 0 aromatic heterocycles. The minimum Gasteiger partial charge on any atom is -0.481 e. The smallest absolute Gasteiger partial charge is 0.307 e. The van der Waals surface area contributed by atoms with Crippen LogP contribution < -0.4 is 4.72 Å². The zero-order valence-electron chi connectivity index (χ0n) is 11.9. The van der Waals surface area contributed by atoms with Gasteiger partial charge >= 0.3 is 16.2 Å². The second-order valence-electron chi connectivity index (χ2n) is 5.44. The highest BCUT2D eigenvalue weighted by Gasteiger charge is 2.27. The first kappa shape index (κ1) is 15.8. The van der Waals surface area contributed by atoms with Crippen LogP contribution in [-0.4, -0.2) is 36.9 Å². The number of aliphatic carboxylic acids is 1. The van der Waals surface area contributed by atoms with Crippen LogP contribution >= 0.6 is 0 Å². The van der Waals surface area contributed by atoms with E-state index >= 15 is 0 Å². The quantitative estimate of drug-likeness (QED) is 0.866. The lowest BCUT2D eigenvalue weighted by atomic mass is 10.0. The molecular formula is C14H20N2O4S. The molecule has 1 aromatic carbocycles. The molecule has 7 heteroatoms. The molecule has 0 radical (unpaired) electrons. The summed E-state index contributed by atoms with van der Waals surface area (Å²) in [5.74, 6) is -0.655. The van der Waals surface area contributed by atoms with Crippen molar-refractivity contribution in [1.82, 2.24) is 4.31 Å². The lowest BCUT2D eigenvalue weighted by Gasteiger charge is -2.30. The van der Waals surface area contributed by atoms with Gasteiger partial charge in [0.1, 0.15) is 0 Å². The number of carboxylic acid groups (broad SMARTS) is 1. The molecule has 1 unspecified atom stereocenters. The molecule has 0 amide bonds. The topological polar surface area (TPSA) is 86.7 Å². The average molecular weight is 312 g/mol. The molecule has 1 saturated heterocycles. The van der Waals surface area contributed by atoms with Crippen LogP contribution in [0, 0.1) is 5.92 Å². The number of nitrogens with zero attached hydrogens (tertiary/aromatic N) is 1. The Morgan fingerprint density at radius 3 is 2.81 bits per heavy atom. The number of carboxylic acids is 1. The normalized spacial score (nSPS) is 20.1. The maximum atomic E-state index is 12.4. The Balaban J connectivity index is 2.18. The van der Waals surface area contributed by atoms with Gasteiger partial charge in [0.25, 0.3) is 0 Å². The molecule has 0 bridgehead atoms. The molecule has 1 aliphatic heterocycles. The molecule has 2 N–H and O–H groups in total. The van der Waals surface area contributed by atoms with E-state index in [0.717, 1.165) is 12.8 Å². The SMILES string of the molecule is CC1CCCN(S(=O)(=O)Nc2ccccc2CC(=O)O)C1. The summed E-state index contributed by atoms with van der Waals surface area (Å²) in [6, 6.07) is 6.58. The van der Waals surface area contributed by atoms with E-state index in [4.69, 9.17) is 5.11 Å². The minimum atomic E-state index is -3.64. The third kappa shape index (κ3) is 4.18.